The zero-order valence-corrected chi connectivity index (χ0v) is 18.0. The van der Waals surface area contributed by atoms with Crippen LogP contribution in [0, 0.1) is 17.8 Å². The van der Waals surface area contributed by atoms with E-state index in [4.69, 9.17) is 27.9 Å². The third-order valence-corrected chi connectivity index (χ3v) is 7.16. The van der Waals surface area contributed by atoms with Crippen molar-refractivity contribution in [3.63, 3.8) is 0 Å². The van der Waals surface area contributed by atoms with Crippen LogP contribution >= 0.6 is 23.2 Å². The van der Waals surface area contributed by atoms with Crippen molar-refractivity contribution >= 4 is 35.0 Å². The van der Waals surface area contributed by atoms with Crippen molar-refractivity contribution in [1.82, 2.24) is 16.0 Å². The van der Waals surface area contributed by atoms with Gasteiger partial charge in [-0.25, -0.2) is 0 Å². The summed E-state index contributed by atoms with van der Waals surface area (Å²) in [5.74, 6) is 1.48. The number of carbonyl (C=O) groups is 2. The minimum atomic E-state index is -0.166. The lowest BCUT2D eigenvalue weighted by Crippen LogP contribution is -2.55. The van der Waals surface area contributed by atoms with Crippen molar-refractivity contribution in [2.45, 2.75) is 44.2 Å². The molecule has 2 amide bonds. The molecule has 0 radical (unpaired) electrons. The molecule has 3 aliphatic carbocycles. The normalized spacial score (nSPS) is 32.9. The number of hydrogen-bond acceptors (Lipinski definition) is 4. The highest BCUT2D eigenvalue weighted by atomic mass is 35.5. The molecule has 1 heterocycles. The maximum absolute atomic E-state index is 12.7. The van der Waals surface area contributed by atoms with E-state index in [0.29, 0.717) is 27.6 Å². The summed E-state index contributed by atoms with van der Waals surface area (Å²) in [7, 11) is 0. The van der Waals surface area contributed by atoms with E-state index in [2.05, 4.69) is 22.9 Å². The lowest BCUT2D eigenvalue weighted by Gasteiger charge is -2.40. The van der Waals surface area contributed by atoms with E-state index < -0.39 is 0 Å². The molecule has 29 heavy (non-hydrogen) atoms. The van der Waals surface area contributed by atoms with Gasteiger partial charge in [-0.05, 0) is 56.2 Å². The van der Waals surface area contributed by atoms with E-state index in [1.54, 1.807) is 18.2 Å². The van der Waals surface area contributed by atoms with Gasteiger partial charge in [0.2, 0.25) is 5.91 Å². The third kappa shape index (κ3) is 4.65. The van der Waals surface area contributed by atoms with E-state index in [9.17, 15) is 9.59 Å². The summed E-state index contributed by atoms with van der Waals surface area (Å²) in [6.45, 7) is 3.83. The molecule has 0 spiro atoms. The number of carbonyl (C=O) groups excluding carboxylic acids is 2. The van der Waals surface area contributed by atoms with Crippen LogP contribution in [0.15, 0.2) is 18.2 Å². The Hall–Kier alpha value is -1.50. The predicted molar refractivity (Wildman–Crippen MR) is 112 cm³/mol. The fourth-order valence-electron chi connectivity index (χ4n) is 4.99. The summed E-state index contributed by atoms with van der Waals surface area (Å²) >= 11 is 11.8. The van der Waals surface area contributed by atoms with Crippen LogP contribution in [0.3, 0.4) is 0 Å². The molecule has 4 fully saturated rings. The van der Waals surface area contributed by atoms with Gasteiger partial charge in [0.25, 0.3) is 5.91 Å². The van der Waals surface area contributed by atoms with Gasteiger partial charge in [0.1, 0.15) is 5.75 Å². The lowest BCUT2D eigenvalue weighted by molar-refractivity contribution is -0.129. The van der Waals surface area contributed by atoms with Gasteiger partial charge in [0.05, 0.1) is 16.0 Å². The number of amides is 2. The van der Waals surface area contributed by atoms with Gasteiger partial charge < -0.3 is 20.7 Å². The van der Waals surface area contributed by atoms with Crippen molar-refractivity contribution in [1.29, 1.82) is 0 Å². The molecule has 5 rings (SSSR count). The average Bonchev–Trinajstić information content (AvgIpc) is 3.16. The highest BCUT2D eigenvalue weighted by Crippen LogP contribution is 2.52. The first-order valence-corrected chi connectivity index (χ1v) is 11.0. The number of fused-ring (bicyclic) bond motifs is 1. The minimum Gasteiger partial charge on any atom is -0.484 e. The van der Waals surface area contributed by atoms with Crippen molar-refractivity contribution in [3.05, 3.63) is 28.2 Å². The summed E-state index contributed by atoms with van der Waals surface area (Å²) in [5, 5.41) is 10.5. The first-order chi connectivity index (χ1) is 13.8. The van der Waals surface area contributed by atoms with Gasteiger partial charge in [-0.3, -0.25) is 9.59 Å². The summed E-state index contributed by atoms with van der Waals surface area (Å²) in [5.41, 5.74) is -0.148. The molecule has 158 valence electrons. The average molecular weight is 440 g/mol. The van der Waals surface area contributed by atoms with Crippen LogP contribution in [0.1, 0.15) is 32.6 Å². The van der Waals surface area contributed by atoms with Crippen molar-refractivity contribution in [2.24, 2.45) is 17.8 Å². The highest BCUT2D eigenvalue weighted by Gasteiger charge is 2.57. The van der Waals surface area contributed by atoms with Gasteiger partial charge in [-0.15, -0.1) is 0 Å². The van der Waals surface area contributed by atoms with Crippen molar-refractivity contribution in [2.75, 3.05) is 19.7 Å². The number of piperidine rings is 1. The molecule has 3 saturated carbocycles. The molecule has 3 atom stereocenters. The van der Waals surface area contributed by atoms with Gasteiger partial charge in [0, 0.05) is 24.2 Å². The molecule has 0 aromatic heterocycles. The van der Waals surface area contributed by atoms with Crippen LogP contribution in [-0.4, -0.2) is 43.1 Å². The SMILES string of the molecule is CC1CNCC(C(=O)NC23CC(C2)[C@@H](NC(=O)COc2ccc(Cl)c(Cl)c2)C3)C1. The molecular formula is C21H27Cl2N3O3. The lowest BCUT2D eigenvalue weighted by atomic mass is 9.76. The fourth-order valence-corrected chi connectivity index (χ4v) is 5.28. The minimum absolute atomic E-state index is 0.0421. The molecule has 1 aromatic carbocycles. The van der Waals surface area contributed by atoms with Gasteiger partial charge >= 0.3 is 0 Å². The van der Waals surface area contributed by atoms with Gasteiger partial charge in [0.15, 0.2) is 6.61 Å². The first kappa shape index (κ1) is 20.8. The second kappa shape index (κ2) is 8.32. The second-order valence-electron chi connectivity index (χ2n) is 8.88. The fraction of sp³-hybridized carbons (Fsp3) is 0.619. The van der Waals surface area contributed by atoms with Gasteiger partial charge in [-0.2, -0.15) is 0 Å². The summed E-state index contributed by atoms with van der Waals surface area (Å²) in [6, 6.07) is 5.00. The Kier molecular flexibility index (Phi) is 5.96. The van der Waals surface area contributed by atoms with E-state index in [1.807, 2.05) is 0 Å². The summed E-state index contributed by atoms with van der Waals surface area (Å²) in [4.78, 5) is 25.0. The number of nitrogens with one attached hydrogen (secondary N) is 3. The molecule has 4 aliphatic rings. The Balaban J connectivity index is 1.24. The number of rotatable bonds is 6. The maximum atomic E-state index is 12.7. The second-order valence-corrected chi connectivity index (χ2v) is 9.69. The van der Waals surface area contributed by atoms with Crippen molar-refractivity contribution < 1.29 is 14.3 Å². The van der Waals surface area contributed by atoms with Crippen LogP contribution in [0.2, 0.25) is 10.0 Å². The van der Waals surface area contributed by atoms with Crippen molar-refractivity contribution in [3.8, 4) is 5.75 Å². The topological polar surface area (TPSA) is 79.5 Å². The zero-order valence-electron chi connectivity index (χ0n) is 16.5. The molecule has 1 aromatic rings. The van der Waals surface area contributed by atoms with E-state index in [-0.39, 0.29) is 35.9 Å². The van der Waals surface area contributed by atoms with Crippen LogP contribution in [0.5, 0.6) is 5.75 Å². The van der Waals surface area contributed by atoms with Crippen LogP contribution in [0.4, 0.5) is 0 Å². The van der Waals surface area contributed by atoms with Crippen LogP contribution in [-0.2, 0) is 9.59 Å². The molecule has 6 nitrogen and oxygen atoms in total. The summed E-state index contributed by atoms with van der Waals surface area (Å²) < 4.78 is 5.51. The van der Waals surface area contributed by atoms with Gasteiger partial charge in [-0.1, -0.05) is 30.1 Å². The third-order valence-electron chi connectivity index (χ3n) is 6.42. The maximum Gasteiger partial charge on any atom is 0.258 e. The number of halogens is 2. The molecule has 1 aliphatic heterocycles. The molecular weight excluding hydrogens is 413 g/mol. The van der Waals surface area contributed by atoms with E-state index in [1.165, 1.54) is 0 Å². The molecule has 2 bridgehead atoms. The monoisotopic (exact) mass is 439 g/mol. The Labute approximate surface area is 181 Å². The predicted octanol–water partition coefficient (Wildman–Crippen LogP) is 2.77. The molecule has 3 N–H and O–H groups in total. The molecule has 2 unspecified atom stereocenters. The Bertz CT molecular complexity index is 797. The van der Waals surface area contributed by atoms with E-state index in [0.717, 1.165) is 38.8 Å². The molecule has 8 heteroatoms. The molecule has 1 saturated heterocycles. The number of benzene rings is 1. The zero-order chi connectivity index (χ0) is 20.6. The Morgan fingerprint density at radius 2 is 2.00 bits per heavy atom. The smallest absolute Gasteiger partial charge is 0.258 e. The summed E-state index contributed by atoms with van der Waals surface area (Å²) in [6.07, 6.45) is 3.60. The Morgan fingerprint density at radius 1 is 1.21 bits per heavy atom. The first-order valence-electron chi connectivity index (χ1n) is 10.2. The van der Waals surface area contributed by atoms with Crippen LogP contribution < -0.4 is 20.7 Å². The standard InChI is InChI=1S/C21H27Cl2N3O3/c1-12-4-13(10-24-9-12)20(28)26-21-6-14(7-21)18(8-21)25-19(27)11-29-15-2-3-16(22)17(23)5-15/h2-3,5,12-14,18,24H,4,6-11H2,1H3,(H,25,27)(H,26,28)/t12?,13?,14?,18-,21?/m0/s1. The van der Waals surface area contributed by atoms with E-state index >= 15 is 0 Å². The Morgan fingerprint density at radius 3 is 2.72 bits per heavy atom. The highest BCUT2D eigenvalue weighted by molar-refractivity contribution is 6.42. The quantitative estimate of drug-likeness (QED) is 0.636. The largest absolute Gasteiger partial charge is 0.484 e. The number of ether oxygens (including phenoxy) is 1. The number of hydrogen-bond donors (Lipinski definition) is 3. The van der Waals surface area contributed by atoms with Crippen LogP contribution in [0.25, 0.3) is 0 Å².